The van der Waals surface area contributed by atoms with Gasteiger partial charge in [-0.25, -0.2) is 4.39 Å². The van der Waals surface area contributed by atoms with Gasteiger partial charge in [0.05, 0.1) is 12.1 Å². The SMILES string of the molecule is O=C(CNC(=O)c1ccccc1F)NNC(=O)c1ccc(CSc2ccc(Cl)cc2)cc1. The van der Waals surface area contributed by atoms with Gasteiger partial charge in [0, 0.05) is 21.2 Å². The summed E-state index contributed by atoms with van der Waals surface area (Å²) in [6, 6.07) is 19.9. The number of halogens is 2. The minimum absolute atomic E-state index is 0.168. The van der Waals surface area contributed by atoms with Crippen molar-refractivity contribution in [3.8, 4) is 0 Å². The third kappa shape index (κ3) is 6.83. The number of hydrazine groups is 1. The zero-order valence-electron chi connectivity index (χ0n) is 16.7. The lowest BCUT2D eigenvalue weighted by atomic mass is 10.1. The molecule has 0 atom stereocenters. The standard InChI is InChI=1S/C23H19ClFN3O3S/c24-17-9-11-18(12-10-17)32-14-15-5-7-16(8-6-15)22(30)28-27-21(29)13-26-23(31)19-3-1-2-4-20(19)25/h1-12H,13-14H2,(H,26,31)(H,27,29)(H,28,30). The van der Waals surface area contributed by atoms with E-state index in [0.29, 0.717) is 10.6 Å². The second-order valence-corrected chi connectivity index (χ2v) is 8.09. The number of rotatable bonds is 7. The Labute approximate surface area is 193 Å². The van der Waals surface area contributed by atoms with Crippen LogP contribution in [0.15, 0.2) is 77.7 Å². The van der Waals surface area contributed by atoms with Crippen molar-refractivity contribution in [2.75, 3.05) is 6.54 Å². The number of benzene rings is 3. The van der Waals surface area contributed by atoms with E-state index in [4.69, 9.17) is 11.6 Å². The maximum absolute atomic E-state index is 13.6. The number of hydrogen-bond acceptors (Lipinski definition) is 4. The minimum atomic E-state index is -0.725. The van der Waals surface area contributed by atoms with E-state index in [1.54, 1.807) is 23.9 Å². The predicted octanol–water partition coefficient (Wildman–Crippen LogP) is 3.96. The van der Waals surface area contributed by atoms with Crippen LogP contribution in [0.1, 0.15) is 26.3 Å². The highest BCUT2D eigenvalue weighted by Gasteiger charge is 2.13. The van der Waals surface area contributed by atoms with Crippen LogP contribution >= 0.6 is 23.4 Å². The second kappa shape index (κ2) is 11.3. The first-order chi connectivity index (χ1) is 15.4. The molecule has 0 spiro atoms. The van der Waals surface area contributed by atoms with Gasteiger partial charge in [-0.1, -0.05) is 35.9 Å². The normalized spacial score (nSPS) is 10.3. The van der Waals surface area contributed by atoms with Crippen LogP contribution in [0, 0.1) is 5.82 Å². The molecule has 0 aliphatic heterocycles. The van der Waals surface area contributed by atoms with E-state index in [1.807, 2.05) is 36.4 Å². The van der Waals surface area contributed by atoms with Crippen molar-refractivity contribution in [3.05, 3.63) is 100 Å². The largest absolute Gasteiger partial charge is 0.343 e. The van der Waals surface area contributed by atoms with Crippen molar-refractivity contribution in [1.29, 1.82) is 0 Å². The molecule has 3 N–H and O–H groups in total. The molecule has 0 aromatic heterocycles. The quantitative estimate of drug-likeness (QED) is 0.359. The molecule has 0 fully saturated rings. The summed E-state index contributed by atoms with van der Waals surface area (Å²) in [5.74, 6) is -1.85. The average molecular weight is 472 g/mol. The van der Waals surface area contributed by atoms with Crippen molar-refractivity contribution in [2.24, 2.45) is 0 Å². The van der Waals surface area contributed by atoms with Gasteiger partial charge in [-0.05, 0) is 54.1 Å². The second-order valence-electron chi connectivity index (χ2n) is 6.60. The van der Waals surface area contributed by atoms with E-state index in [0.717, 1.165) is 22.3 Å². The number of carbonyl (C=O) groups excluding carboxylic acids is 3. The van der Waals surface area contributed by atoms with E-state index in [1.165, 1.54) is 18.2 Å². The molecule has 3 aromatic rings. The molecule has 9 heteroatoms. The molecule has 0 aliphatic rings. The van der Waals surface area contributed by atoms with Gasteiger partial charge in [-0.3, -0.25) is 25.2 Å². The molecular weight excluding hydrogens is 453 g/mol. The number of carbonyl (C=O) groups is 3. The van der Waals surface area contributed by atoms with Gasteiger partial charge < -0.3 is 5.32 Å². The lowest BCUT2D eigenvalue weighted by Crippen LogP contribution is -2.46. The summed E-state index contributed by atoms with van der Waals surface area (Å²) < 4.78 is 13.6. The topological polar surface area (TPSA) is 87.3 Å². The van der Waals surface area contributed by atoms with Crippen LogP contribution in [-0.2, 0) is 10.5 Å². The van der Waals surface area contributed by atoms with Crippen LogP contribution in [-0.4, -0.2) is 24.3 Å². The third-order valence-electron chi connectivity index (χ3n) is 4.28. The van der Waals surface area contributed by atoms with Crippen molar-refractivity contribution < 1.29 is 18.8 Å². The molecule has 0 aliphatic carbocycles. The van der Waals surface area contributed by atoms with Crippen LogP contribution in [0.3, 0.4) is 0 Å². The predicted molar refractivity (Wildman–Crippen MR) is 122 cm³/mol. The Kier molecular flexibility index (Phi) is 8.24. The summed E-state index contributed by atoms with van der Waals surface area (Å²) in [6.07, 6.45) is 0. The number of hydrogen-bond donors (Lipinski definition) is 3. The van der Waals surface area contributed by atoms with Crippen molar-refractivity contribution in [1.82, 2.24) is 16.2 Å². The Morgan fingerprint density at radius 2 is 1.53 bits per heavy atom. The highest BCUT2D eigenvalue weighted by atomic mass is 35.5. The first-order valence-electron chi connectivity index (χ1n) is 9.51. The van der Waals surface area contributed by atoms with E-state index >= 15 is 0 Å². The molecule has 164 valence electrons. The molecule has 0 saturated carbocycles. The van der Waals surface area contributed by atoms with Crippen LogP contribution in [0.25, 0.3) is 0 Å². The Morgan fingerprint density at radius 3 is 2.22 bits per heavy atom. The smallest absolute Gasteiger partial charge is 0.269 e. The molecule has 3 aromatic carbocycles. The van der Waals surface area contributed by atoms with Crippen LogP contribution in [0.4, 0.5) is 4.39 Å². The van der Waals surface area contributed by atoms with E-state index in [2.05, 4.69) is 16.2 Å². The van der Waals surface area contributed by atoms with Crippen molar-refractivity contribution in [3.63, 3.8) is 0 Å². The lowest BCUT2D eigenvalue weighted by Gasteiger charge is -2.09. The van der Waals surface area contributed by atoms with Gasteiger partial charge in [0.2, 0.25) is 0 Å². The molecular formula is C23H19ClFN3O3S. The number of nitrogens with one attached hydrogen (secondary N) is 3. The van der Waals surface area contributed by atoms with Gasteiger partial charge in [0.1, 0.15) is 5.82 Å². The Balaban J connectivity index is 1.42. The van der Waals surface area contributed by atoms with Crippen molar-refractivity contribution in [2.45, 2.75) is 10.6 Å². The van der Waals surface area contributed by atoms with Gasteiger partial charge in [0.15, 0.2) is 0 Å². The average Bonchev–Trinajstić information content (AvgIpc) is 2.81. The summed E-state index contributed by atoms with van der Waals surface area (Å²) in [5.41, 5.74) is 5.70. The molecule has 6 nitrogen and oxygen atoms in total. The first-order valence-corrected chi connectivity index (χ1v) is 10.9. The fourth-order valence-electron chi connectivity index (χ4n) is 2.59. The summed E-state index contributed by atoms with van der Waals surface area (Å²) in [6.45, 7) is -0.422. The fourth-order valence-corrected chi connectivity index (χ4v) is 3.57. The molecule has 0 bridgehead atoms. The van der Waals surface area contributed by atoms with Crippen molar-refractivity contribution >= 4 is 41.1 Å². The molecule has 3 rings (SSSR count). The zero-order chi connectivity index (χ0) is 22.9. The maximum Gasteiger partial charge on any atom is 0.269 e. The minimum Gasteiger partial charge on any atom is -0.343 e. The first kappa shape index (κ1) is 23.3. The highest BCUT2D eigenvalue weighted by Crippen LogP contribution is 2.24. The van der Waals surface area contributed by atoms with Gasteiger partial charge in [-0.15, -0.1) is 11.8 Å². The van der Waals surface area contributed by atoms with E-state index in [-0.39, 0.29) is 5.56 Å². The van der Waals surface area contributed by atoms with E-state index < -0.39 is 30.1 Å². The number of amides is 3. The Bertz CT molecular complexity index is 1110. The van der Waals surface area contributed by atoms with Crippen LogP contribution < -0.4 is 16.2 Å². The van der Waals surface area contributed by atoms with Crippen LogP contribution in [0.2, 0.25) is 5.02 Å². The van der Waals surface area contributed by atoms with E-state index in [9.17, 15) is 18.8 Å². The Hall–Kier alpha value is -3.36. The summed E-state index contributed by atoms with van der Waals surface area (Å²) in [7, 11) is 0. The summed E-state index contributed by atoms with van der Waals surface area (Å²) in [4.78, 5) is 37.0. The van der Waals surface area contributed by atoms with Gasteiger partial charge in [-0.2, -0.15) is 0 Å². The maximum atomic E-state index is 13.6. The summed E-state index contributed by atoms with van der Waals surface area (Å²) >= 11 is 7.52. The zero-order valence-corrected chi connectivity index (χ0v) is 18.3. The van der Waals surface area contributed by atoms with Gasteiger partial charge >= 0.3 is 0 Å². The molecule has 0 saturated heterocycles. The van der Waals surface area contributed by atoms with Gasteiger partial charge in [0.25, 0.3) is 17.7 Å². The molecule has 3 amide bonds. The Morgan fingerprint density at radius 1 is 0.844 bits per heavy atom. The molecule has 32 heavy (non-hydrogen) atoms. The van der Waals surface area contributed by atoms with Crippen LogP contribution in [0.5, 0.6) is 0 Å². The monoisotopic (exact) mass is 471 g/mol. The summed E-state index contributed by atoms with van der Waals surface area (Å²) in [5, 5.41) is 2.97. The highest BCUT2D eigenvalue weighted by molar-refractivity contribution is 7.98. The molecule has 0 unspecified atom stereocenters. The number of thioether (sulfide) groups is 1. The lowest BCUT2D eigenvalue weighted by molar-refractivity contribution is -0.120. The third-order valence-corrected chi connectivity index (χ3v) is 5.61. The molecule has 0 radical (unpaired) electrons. The molecule has 0 heterocycles. The fraction of sp³-hybridized carbons (Fsp3) is 0.0870.